The highest BCUT2D eigenvalue weighted by Gasteiger charge is 2.38. The summed E-state index contributed by atoms with van der Waals surface area (Å²) in [5.41, 5.74) is 1.52. The maximum absolute atomic E-state index is 4.70. The van der Waals surface area contributed by atoms with Crippen molar-refractivity contribution >= 4 is 11.5 Å². The van der Waals surface area contributed by atoms with Crippen LogP contribution in [-0.2, 0) is 0 Å². The van der Waals surface area contributed by atoms with Gasteiger partial charge in [0.15, 0.2) is 6.04 Å². The molecule has 2 rings (SSSR count). The predicted octanol–water partition coefficient (Wildman–Crippen LogP) is 1.69. The van der Waals surface area contributed by atoms with Crippen LogP contribution in [0.3, 0.4) is 0 Å². The molecular formula is C10H17N2+. The van der Waals surface area contributed by atoms with Crippen LogP contribution < -0.4 is 0 Å². The fraction of sp³-hybridized carbons (Fsp3) is 0.800. The van der Waals surface area contributed by atoms with Gasteiger partial charge in [0, 0.05) is 6.92 Å². The van der Waals surface area contributed by atoms with Gasteiger partial charge in [-0.3, -0.25) is 0 Å². The molecule has 0 amide bonds. The van der Waals surface area contributed by atoms with Gasteiger partial charge in [0.2, 0.25) is 0 Å². The van der Waals surface area contributed by atoms with Crippen molar-refractivity contribution in [1.82, 2.24) is 0 Å². The first-order valence-corrected chi connectivity index (χ1v) is 4.81. The molecular weight excluding hydrogens is 148 g/mol. The highest BCUT2D eigenvalue weighted by atomic mass is 15.1. The first kappa shape index (κ1) is 7.96. The molecule has 1 aliphatic carbocycles. The van der Waals surface area contributed by atoms with Gasteiger partial charge in [0.25, 0.3) is 5.84 Å². The SMILES string of the molecule is CC1=NC2CCCC2C(C)=[N+]1C. The minimum atomic E-state index is 0.612. The molecule has 66 valence electrons. The van der Waals surface area contributed by atoms with E-state index in [0.717, 1.165) is 5.92 Å². The van der Waals surface area contributed by atoms with E-state index in [1.807, 2.05) is 0 Å². The van der Waals surface area contributed by atoms with Crippen LogP contribution in [0, 0.1) is 5.92 Å². The standard InChI is InChI=1S/C10H17N2/c1-7-9-5-4-6-10(9)11-8(2)12(7)3/h9-10H,4-6H2,1-3H3/q+1. The molecule has 0 aromatic heterocycles. The molecule has 0 radical (unpaired) electrons. The maximum Gasteiger partial charge on any atom is 0.289 e. The first-order valence-electron chi connectivity index (χ1n) is 4.81. The van der Waals surface area contributed by atoms with Gasteiger partial charge >= 0.3 is 0 Å². The largest absolute Gasteiger partial charge is 0.289 e. The maximum atomic E-state index is 4.70. The van der Waals surface area contributed by atoms with Crippen molar-refractivity contribution in [1.29, 1.82) is 0 Å². The molecule has 2 heteroatoms. The number of hydrogen-bond acceptors (Lipinski definition) is 1. The molecule has 2 atom stereocenters. The zero-order chi connectivity index (χ0) is 8.72. The Kier molecular flexibility index (Phi) is 1.78. The molecule has 0 bridgehead atoms. The summed E-state index contributed by atoms with van der Waals surface area (Å²) in [6, 6.07) is 0.612. The van der Waals surface area contributed by atoms with E-state index >= 15 is 0 Å². The van der Waals surface area contributed by atoms with Crippen molar-refractivity contribution in [2.24, 2.45) is 10.9 Å². The molecule has 1 aliphatic heterocycles. The van der Waals surface area contributed by atoms with E-state index in [4.69, 9.17) is 4.99 Å². The van der Waals surface area contributed by atoms with Crippen LogP contribution in [0.2, 0.25) is 0 Å². The number of hydrogen-bond donors (Lipinski definition) is 0. The summed E-state index contributed by atoms with van der Waals surface area (Å²) in [6.07, 6.45) is 4.00. The van der Waals surface area contributed by atoms with Gasteiger partial charge in [0.1, 0.15) is 0 Å². The minimum Gasteiger partial charge on any atom is -0.239 e. The minimum absolute atomic E-state index is 0.612. The molecule has 1 heterocycles. The second kappa shape index (κ2) is 2.68. The average molecular weight is 165 g/mol. The van der Waals surface area contributed by atoms with E-state index in [2.05, 4.69) is 25.5 Å². The van der Waals surface area contributed by atoms with Gasteiger partial charge in [-0.1, -0.05) is 4.99 Å². The van der Waals surface area contributed by atoms with Crippen molar-refractivity contribution in [2.75, 3.05) is 7.05 Å². The summed E-state index contributed by atoms with van der Waals surface area (Å²) in [5, 5.41) is 0. The summed E-state index contributed by atoms with van der Waals surface area (Å²) in [4.78, 5) is 4.70. The van der Waals surface area contributed by atoms with Gasteiger partial charge < -0.3 is 0 Å². The van der Waals surface area contributed by atoms with Gasteiger partial charge in [-0.05, 0) is 26.2 Å². The number of rotatable bonds is 0. The lowest BCUT2D eigenvalue weighted by Crippen LogP contribution is -2.35. The molecule has 2 nitrogen and oxygen atoms in total. The van der Waals surface area contributed by atoms with Crippen LogP contribution in [0.1, 0.15) is 33.1 Å². The second-order valence-corrected chi connectivity index (χ2v) is 3.98. The second-order valence-electron chi connectivity index (χ2n) is 3.98. The van der Waals surface area contributed by atoms with Gasteiger partial charge in [-0.2, -0.15) is 0 Å². The van der Waals surface area contributed by atoms with Crippen LogP contribution in [0.5, 0.6) is 0 Å². The third-order valence-electron chi connectivity index (χ3n) is 3.38. The Balaban J connectivity index is 2.37. The van der Waals surface area contributed by atoms with Crippen molar-refractivity contribution in [3.8, 4) is 0 Å². The van der Waals surface area contributed by atoms with E-state index in [0.29, 0.717) is 6.04 Å². The van der Waals surface area contributed by atoms with Crippen molar-refractivity contribution in [3.63, 3.8) is 0 Å². The molecule has 2 aliphatic rings. The molecule has 1 saturated carbocycles. The summed E-state index contributed by atoms with van der Waals surface area (Å²) >= 11 is 0. The first-order chi connectivity index (χ1) is 5.70. The normalized spacial score (nSPS) is 35.1. The van der Waals surface area contributed by atoms with Crippen LogP contribution in [0.25, 0.3) is 0 Å². The lowest BCUT2D eigenvalue weighted by Gasteiger charge is -2.18. The molecule has 12 heavy (non-hydrogen) atoms. The van der Waals surface area contributed by atoms with E-state index in [-0.39, 0.29) is 0 Å². The van der Waals surface area contributed by atoms with E-state index in [9.17, 15) is 0 Å². The Morgan fingerprint density at radius 1 is 1.33 bits per heavy atom. The van der Waals surface area contributed by atoms with Crippen molar-refractivity contribution in [3.05, 3.63) is 0 Å². The topological polar surface area (TPSA) is 15.4 Å². The Bertz CT molecular complexity index is 263. The molecule has 0 spiro atoms. The van der Waals surface area contributed by atoms with Crippen LogP contribution in [0.4, 0.5) is 0 Å². The fourth-order valence-corrected chi connectivity index (χ4v) is 2.41. The van der Waals surface area contributed by atoms with Gasteiger partial charge in [0.05, 0.1) is 18.7 Å². The van der Waals surface area contributed by atoms with Crippen LogP contribution in [-0.4, -0.2) is 29.2 Å². The highest BCUT2D eigenvalue weighted by Crippen LogP contribution is 2.31. The average Bonchev–Trinajstić information content (AvgIpc) is 2.48. The smallest absolute Gasteiger partial charge is 0.239 e. The Morgan fingerprint density at radius 2 is 2.08 bits per heavy atom. The lowest BCUT2D eigenvalue weighted by atomic mass is 9.97. The third kappa shape index (κ3) is 1.01. The fourth-order valence-electron chi connectivity index (χ4n) is 2.41. The summed E-state index contributed by atoms with van der Waals surface area (Å²) in [5.74, 6) is 1.94. The van der Waals surface area contributed by atoms with Crippen LogP contribution in [0.15, 0.2) is 4.99 Å². The molecule has 2 unspecified atom stereocenters. The van der Waals surface area contributed by atoms with E-state index in [1.54, 1.807) is 0 Å². The Morgan fingerprint density at radius 3 is 2.83 bits per heavy atom. The quantitative estimate of drug-likeness (QED) is 0.485. The monoisotopic (exact) mass is 165 g/mol. The van der Waals surface area contributed by atoms with Crippen molar-refractivity contribution < 1.29 is 4.58 Å². The third-order valence-corrected chi connectivity index (χ3v) is 3.38. The summed E-state index contributed by atoms with van der Waals surface area (Å²) in [6.45, 7) is 4.36. The Hall–Kier alpha value is -0.660. The number of aliphatic imine (C=N–C) groups is 1. The van der Waals surface area contributed by atoms with E-state index < -0.39 is 0 Å². The number of amidine groups is 1. The zero-order valence-electron chi connectivity index (χ0n) is 8.17. The molecule has 0 N–H and O–H groups in total. The lowest BCUT2D eigenvalue weighted by molar-refractivity contribution is -0.379. The van der Waals surface area contributed by atoms with E-state index in [1.165, 1.54) is 30.8 Å². The summed E-state index contributed by atoms with van der Waals surface area (Å²) < 4.78 is 2.24. The number of nitrogens with zero attached hydrogens (tertiary/aromatic N) is 2. The number of fused-ring (bicyclic) bond motifs is 1. The molecule has 0 aromatic rings. The molecule has 0 aromatic carbocycles. The molecule has 1 fully saturated rings. The van der Waals surface area contributed by atoms with Crippen LogP contribution >= 0.6 is 0 Å². The molecule has 0 saturated heterocycles. The summed E-state index contributed by atoms with van der Waals surface area (Å²) in [7, 11) is 2.13. The predicted molar refractivity (Wildman–Crippen MR) is 51.1 cm³/mol. The highest BCUT2D eigenvalue weighted by molar-refractivity contribution is 5.89. The Labute approximate surface area is 74.0 Å². The zero-order valence-corrected chi connectivity index (χ0v) is 8.17. The van der Waals surface area contributed by atoms with Crippen molar-refractivity contribution in [2.45, 2.75) is 39.2 Å². The van der Waals surface area contributed by atoms with Gasteiger partial charge in [-0.25, -0.2) is 4.58 Å². The van der Waals surface area contributed by atoms with Gasteiger partial charge in [-0.15, -0.1) is 0 Å².